The third-order valence-corrected chi connectivity index (χ3v) is 6.91. The predicted molar refractivity (Wildman–Crippen MR) is 112 cm³/mol. The summed E-state index contributed by atoms with van der Waals surface area (Å²) in [7, 11) is 0. The second-order valence-corrected chi connectivity index (χ2v) is 9.18. The van der Waals surface area contributed by atoms with Crippen LogP contribution in [-0.2, 0) is 16.1 Å². The first-order valence-electron chi connectivity index (χ1n) is 8.32. The highest BCUT2D eigenvalue weighted by Gasteiger charge is 2.29. The number of aliphatic carboxylic acids is 2. The normalized spacial score (nSPS) is 14.6. The summed E-state index contributed by atoms with van der Waals surface area (Å²) < 4.78 is 2.46. The van der Waals surface area contributed by atoms with E-state index in [1.54, 1.807) is 39.8 Å². The summed E-state index contributed by atoms with van der Waals surface area (Å²) in [6.45, 7) is -0.592. The van der Waals surface area contributed by atoms with E-state index in [2.05, 4.69) is 0 Å². The van der Waals surface area contributed by atoms with Gasteiger partial charge in [-0.05, 0) is 30.3 Å². The Bertz CT molecular complexity index is 1190. The number of hydrogen-bond acceptors (Lipinski definition) is 6. The van der Waals surface area contributed by atoms with Crippen LogP contribution in [0.2, 0.25) is 10.0 Å². The smallest absolute Gasteiger partial charge is 0.323 e. The number of carboxylic acid groups (broad SMARTS) is 2. The van der Waals surface area contributed by atoms with Crippen LogP contribution in [0.1, 0.15) is 5.01 Å². The summed E-state index contributed by atoms with van der Waals surface area (Å²) in [4.78, 5) is 25.3. The van der Waals surface area contributed by atoms with E-state index in [0.29, 0.717) is 31.3 Å². The molecule has 0 saturated heterocycles. The molecule has 29 heavy (non-hydrogen) atoms. The molecule has 6 nitrogen and oxygen atoms in total. The first-order valence-corrected chi connectivity index (χ1v) is 10.7. The van der Waals surface area contributed by atoms with Gasteiger partial charge in [-0.2, -0.15) is 4.57 Å². The van der Waals surface area contributed by atoms with Gasteiger partial charge in [0.25, 0.3) is 5.01 Å². The minimum atomic E-state index is -1.23. The number of fused-ring (bicyclic) bond motifs is 2. The Labute approximate surface area is 183 Å². The van der Waals surface area contributed by atoms with Gasteiger partial charge in [0.1, 0.15) is 17.2 Å². The number of rotatable bonds is 5. The molecule has 2 heterocycles. The number of carbonyl (C=O) groups excluding carboxylic acids is 1. The fourth-order valence-electron chi connectivity index (χ4n) is 3.06. The van der Waals surface area contributed by atoms with Gasteiger partial charge in [0.2, 0.25) is 5.52 Å². The quantitative estimate of drug-likeness (QED) is 0.580. The van der Waals surface area contributed by atoms with Crippen LogP contribution in [0.15, 0.2) is 46.3 Å². The molecule has 0 bridgehead atoms. The molecular formula is C19H12Cl2N2O4S2. The molecule has 0 unspecified atom stereocenters. The molecule has 0 fully saturated rings. The topological polar surface area (TPSA) is 84.5 Å². The molecule has 0 radical (unpaired) electrons. The van der Waals surface area contributed by atoms with Gasteiger partial charge in [0.05, 0.1) is 16.8 Å². The van der Waals surface area contributed by atoms with Crippen LogP contribution in [0.3, 0.4) is 0 Å². The highest BCUT2D eigenvalue weighted by molar-refractivity contribution is 8.03. The minimum absolute atomic E-state index is 0.247. The van der Waals surface area contributed by atoms with Crippen LogP contribution in [0.5, 0.6) is 0 Å². The lowest BCUT2D eigenvalue weighted by Gasteiger charge is -2.17. The van der Waals surface area contributed by atoms with Crippen molar-refractivity contribution in [3.63, 3.8) is 0 Å². The molecule has 3 aromatic rings. The molecule has 0 saturated carbocycles. The monoisotopic (exact) mass is 466 g/mol. The standard InChI is InChI=1S/C19H12Cl2N2O4S2/c20-10-1-3-14-12(5-10)22(8-18(24)25)16(28-14)7-17-23(9-19(26)27)13-6-11(21)2-4-15(13)29-17/h1-7H,8-9H2,(H-,24,25,26,27). The third kappa shape index (κ3) is 4.06. The van der Waals surface area contributed by atoms with E-state index < -0.39 is 11.9 Å². The van der Waals surface area contributed by atoms with E-state index in [0.717, 1.165) is 9.60 Å². The zero-order valence-corrected chi connectivity index (χ0v) is 17.7. The van der Waals surface area contributed by atoms with Crippen molar-refractivity contribution in [1.82, 2.24) is 0 Å². The number of hydrogen-bond donors (Lipinski definition) is 1. The van der Waals surface area contributed by atoms with E-state index in [9.17, 15) is 19.8 Å². The summed E-state index contributed by atoms with van der Waals surface area (Å²) in [5.41, 5.74) is 1.37. The van der Waals surface area contributed by atoms with Crippen molar-refractivity contribution < 1.29 is 24.4 Å². The van der Waals surface area contributed by atoms with Crippen molar-refractivity contribution in [3.8, 4) is 0 Å². The zero-order valence-electron chi connectivity index (χ0n) is 14.6. The number of thiazole rings is 1. The number of carboxylic acids is 2. The zero-order chi connectivity index (χ0) is 20.7. The molecule has 1 N–H and O–H groups in total. The van der Waals surface area contributed by atoms with Crippen LogP contribution in [-0.4, -0.2) is 23.6 Å². The van der Waals surface area contributed by atoms with Gasteiger partial charge in [-0.1, -0.05) is 46.3 Å². The van der Waals surface area contributed by atoms with Gasteiger partial charge < -0.3 is 19.9 Å². The Morgan fingerprint density at radius 1 is 1.17 bits per heavy atom. The van der Waals surface area contributed by atoms with Crippen LogP contribution in [0.4, 0.5) is 5.69 Å². The number of anilines is 1. The maximum absolute atomic E-state index is 11.4. The largest absolute Gasteiger partial charge is 0.544 e. The van der Waals surface area contributed by atoms with Gasteiger partial charge in [0.15, 0.2) is 6.54 Å². The van der Waals surface area contributed by atoms with Crippen LogP contribution >= 0.6 is 46.3 Å². The van der Waals surface area contributed by atoms with Gasteiger partial charge in [-0.3, -0.25) is 4.79 Å². The molecule has 1 aliphatic rings. The Balaban J connectivity index is 1.85. The van der Waals surface area contributed by atoms with Gasteiger partial charge in [-0.25, -0.2) is 0 Å². The molecule has 1 aliphatic heterocycles. The molecule has 0 spiro atoms. The fraction of sp³-hybridized carbons (Fsp3) is 0.105. The van der Waals surface area contributed by atoms with Crippen molar-refractivity contribution >= 4 is 80.2 Å². The first-order chi connectivity index (χ1) is 13.8. The second kappa shape index (κ2) is 7.87. The number of benzene rings is 2. The van der Waals surface area contributed by atoms with E-state index in [4.69, 9.17) is 23.2 Å². The molecule has 10 heteroatoms. The lowest BCUT2D eigenvalue weighted by atomic mass is 10.3. The Hall–Kier alpha value is -2.26. The summed E-state index contributed by atoms with van der Waals surface area (Å²) in [5, 5.41) is 23.0. The predicted octanol–water partition coefficient (Wildman–Crippen LogP) is 3.24. The summed E-state index contributed by atoms with van der Waals surface area (Å²) in [6.07, 6.45) is 1.78. The van der Waals surface area contributed by atoms with Gasteiger partial charge in [0, 0.05) is 21.0 Å². The SMILES string of the molecule is O=C([O-])C[n+]1c(C=C2Sc3ccc(Cl)cc3N2CC(=O)O)sc2ccc(Cl)cc21. The number of aromatic nitrogens is 1. The average Bonchev–Trinajstić information content (AvgIpc) is 3.13. The highest BCUT2D eigenvalue weighted by Crippen LogP contribution is 2.47. The Morgan fingerprint density at radius 2 is 1.90 bits per heavy atom. The molecule has 0 aliphatic carbocycles. The van der Waals surface area contributed by atoms with Crippen LogP contribution in [0, 0.1) is 0 Å². The Kier molecular flexibility index (Phi) is 5.44. The number of nitrogens with zero attached hydrogens (tertiary/aromatic N) is 2. The lowest BCUT2D eigenvalue weighted by Crippen LogP contribution is -2.44. The average molecular weight is 467 g/mol. The van der Waals surface area contributed by atoms with Crippen LogP contribution in [0.25, 0.3) is 16.3 Å². The number of halogens is 2. The minimum Gasteiger partial charge on any atom is -0.544 e. The summed E-state index contributed by atoms with van der Waals surface area (Å²) in [6, 6.07) is 10.5. The van der Waals surface area contributed by atoms with Crippen molar-refractivity contribution in [3.05, 3.63) is 56.5 Å². The van der Waals surface area contributed by atoms with Gasteiger partial charge in [-0.15, -0.1) is 0 Å². The maximum Gasteiger partial charge on any atom is 0.323 e. The van der Waals surface area contributed by atoms with Crippen molar-refractivity contribution in [2.45, 2.75) is 11.4 Å². The van der Waals surface area contributed by atoms with E-state index >= 15 is 0 Å². The van der Waals surface area contributed by atoms with Crippen molar-refractivity contribution in [2.75, 3.05) is 11.4 Å². The first kappa shape index (κ1) is 20.0. The molecule has 2 aromatic carbocycles. The number of thioether (sulfide) groups is 1. The highest BCUT2D eigenvalue weighted by atomic mass is 35.5. The molecule has 1 aromatic heterocycles. The fourth-order valence-corrected chi connectivity index (χ4v) is 5.62. The lowest BCUT2D eigenvalue weighted by molar-refractivity contribution is -0.663. The van der Waals surface area contributed by atoms with E-state index in [1.165, 1.54) is 23.1 Å². The van der Waals surface area contributed by atoms with E-state index in [1.807, 2.05) is 12.1 Å². The van der Waals surface area contributed by atoms with Gasteiger partial charge >= 0.3 is 5.97 Å². The van der Waals surface area contributed by atoms with Crippen molar-refractivity contribution in [2.24, 2.45) is 0 Å². The van der Waals surface area contributed by atoms with Crippen molar-refractivity contribution in [1.29, 1.82) is 0 Å². The second-order valence-electron chi connectivity index (χ2n) is 6.19. The molecule has 4 rings (SSSR count). The third-order valence-electron chi connectivity index (χ3n) is 4.21. The molecular weight excluding hydrogens is 455 g/mol. The molecule has 0 amide bonds. The van der Waals surface area contributed by atoms with Crippen LogP contribution < -0.4 is 14.6 Å². The molecule has 148 valence electrons. The van der Waals surface area contributed by atoms with E-state index in [-0.39, 0.29) is 13.1 Å². The maximum atomic E-state index is 11.4. The summed E-state index contributed by atoms with van der Waals surface area (Å²) in [5.74, 6) is -2.22. The molecule has 0 atom stereocenters. The number of carbonyl (C=O) groups is 2. The Morgan fingerprint density at radius 3 is 2.62 bits per heavy atom. The summed E-state index contributed by atoms with van der Waals surface area (Å²) >= 11 is 15.0.